The average molecular weight is 501 g/mol. The largest absolute Gasteiger partial charge is 0.507 e. The molecule has 8 nitrogen and oxygen atoms in total. The average Bonchev–Trinajstić information content (AvgIpc) is 3.46. The van der Waals surface area contributed by atoms with Gasteiger partial charge in [0, 0.05) is 36.9 Å². The molecule has 0 spiro atoms. The molecular weight excluding hydrogens is 475 g/mol. The van der Waals surface area contributed by atoms with Gasteiger partial charge in [-0.2, -0.15) is 5.10 Å². The molecule has 1 atom stereocenters. The van der Waals surface area contributed by atoms with Crippen LogP contribution in [0.1, 0.15) is 35.2 Å². The Hall–Kier alpha value is -3.59. The number of cyclic esters (lactones) is 1. The topological polar surface area (TPSA) is 96.7 Å². The number of aromatic hydroxyl groups is 1. The number of hydrogen-bond donors (Lipinski definition) is 2. The molecule has 2 N–H and O–H groups in total. The summed E-state index contributed by atoms with van der Waals surface area (Å²) in [6.07, 6.45) is 5.10. The minimum Gasteiger partial charge on any atom is -0.507 e. The summed E-state index contributed by atoms with van der Waals surface area (Å²) in [5, 5.41) is 17.5. The Morgan fingerprint density at radius 2 is 2.03 bits per heavy atom. The number of phenolic OH excluding ortho intramolecular Hbond substituents is 1. The van der Waals surface area contributed by atoms with E-state index in [9.17, 15) is 19.1 Å². The first-order valence-electron chi connectivity index (χ1n) is 11.3. The fourth-order valence-corrected chi connectivity index (χ4v) is 4.17. The fourth-order valence-electron chi connectivity index (χ4n) is 4.04. The van der Waals surface area contributed by atoms with Crippen molar-refractivity contribution in [3.8, 4) is 17.0 Å². The monoisotopic (exact) mass is 500 g/mol. The second-order valence-electron chi connectivity index (χ2n) is 8.45. The molecule has 1 unspecified atom stereocenters. The SMILES string of the molecule is Cn1ccc(-c2cc(F)c(C(=O)NCc3ccc(Cl)cc3)cc2O)n1.O=C1OCC2CCCCN12. The van der Waals surface area contributed by atoms with Gasteiger partial charge in [-0.3, -0.25) is 9.48 Å². The Morgan fingerprint density at radius 3 is 2.71 bits per heavy atom. The Bertz CT molecular complexity index is 1210. The number of carbonyl (C=O) groups is 2. The molecule has 2 fully saturated rings. The summed E-state index contributed by atoms with van der Waals surface area (Å²) >= 11 is 5.80. The van der Waals surface area contributed by atoms with Gasteiger partial charge in [0.15, 0.2) is 0 Å². The summed E-state index contributed by atoms with van der Waals surface area (Å²) in [6, 6.07) is 11.2. The highest BCUT2D eigenvalue weighted by atomic mass is 35.5. The highest BCUT2D eigenvalue weighted by molar-refractivity contribution is 6.30. The van der Waals surface area contributed by atoms with Gasteiger partial charge >= 0.3 is 6.09 Å². The normalized spacial score (nSPS) is 16.7. The summed E-state index contributed by atoms with van der Waals surface area (Å²) < 4.78 is 20.8. The van der Waals surface area contributed by atoms with Crippen LogP contribution >= 0.6 is 11.6 Å². The van der Waals surface area contributed by atoms with Crippen molar-refractivity contribution < 1.29 is 23.8 Å². The quantitative estimate of drug-likeness (QED) is 0.549. The van der Waals surface area contributed by atoms with E-state index in [1.165, 1.54) is 6.42 Å². The summed E-state index contributed by atoms with van der Waals surface area (Å²) in [5.74, 6) is -1.56. The van der Waals surface area contributed by atoms with Crippen molar-refractivity contribution in [3.05, 3.63) is 70.6 Å². The van der Waals surface area contributed by atoms with Crippen molar-refractivity contribution in [3.63, 3.8) is 0 Å². The zero-order chi connectivity index (χ0) is 24.9. The highest BCUT2D eigenvalue weighted by Gasteiger charge is 2.34. The van der Waals surface area contributed by atoms with E-state index in [0.29, 0.717) is 23.4 Å². The number of benzene rings is 2. The van der Waals surface area contributed by atoms with Crippen LogP contribution in [0.4, 0.5) is 9.18 Å². The van der Waals surface area contributed by atoms with Crippen LogP contribution in [-0.4, -0.2) is 51.0 Å². The van der Waals surface area contributed by atoms with E-state index in [4.69, 9.17) is 16.3 Å². The lowest BCUT2D eigenvalue weighted by atomic mass is 10.0. The lowest BCUT2D eigenvalue weighted by Gasteiger charge is -2.25. The molecule has 10 heteroatoms. The van der Waals surface area contributed by atoms with E-state index < -0.39 is 11.7 Å². The minimum absolute atomic E-state index is 0.107. The van der Waals surface area contributed by atoms with Crippen LogP contribution in [0.2, 0.25) is 5.02 Å². The molecule has 2 amide bonds. The second kappa shape index (κ2) is 10.8. The number of piperidine rings is 1. The zero-order valence-corrected chi connectivity index (χ0v) is 20.0. The Kier molecular flexibility index (Phi) is 7.55. The number of fused-ring (bicyclic) bond motifs is 1. The van der Waals surface area contributed by atoms with Crippen molar-refractivity contribution in [2.75, 3.05) is 13.2 Å². The maximum absolute atomic E-state index is 14.3. The summed E-state index contributed by atoms with van der Waals surface area (Å²) in [6.45, 7) is 1.75. The molecule has 2 aliphatic heterocycles. The van der Waals surface area contributed by atoms with Gasteiger partial charge in [-0.1, -0.05) is 23.7 Å². The Labute approximate surface area is 207 Å². The van der Waals surface area contributed by atoms with Crippen LogP contribution in [0, 0.1) is 5.82 Å². The van der Waals surface area contributed by atoms with Crippen molar-refractivity contribution in [1.29, 1.82) is 0 Å². The van der Waals surface area contributed by atoms with Crippen LogP contribution < -0.4 is 5.32 Å². The zero-order valence-electron chi connectivity index (χ0n) is 19.2. The number of nitrogens with zero attached hydrogens (tertiary/aromatic N) is 3. The molecule has 0 saturated carbocycles. The maximum Gasteiger partial charge on any atom is 0.410 e. The summed E-state index contributed by atoms with van der Waals surface area (Å²) in [7, 11) is 1.72. The molecule has 2 aromatic carbocycles. The standard InChI is InChI=1S/C18H15ClFN3O2.C7H11NO2/c1-23-7-6-16(22-23)14-8-15(20)13(9-17(14)24)18(25)21-10-11-2-4-12(19)5-3-11;9-7-8-4-2-1-3-6(8)5-10-7/h2-9,24H,10H2,1H3,(H,21,25);6H,1-5H2. The summed E-state index contributed by atoms with van der Waals surface area (Å²) in [4.78, 5) is 25.0. The van der Waals surface area contributed by atoms with Gasteiger partial charge in [-0.25, -0.2) is 9.18 Å². The molecule has 3 heterocycles. The number of amides is 2. The van der Waals surface area contributed by atoms with Crippen molar-refractivity contribution in [2.24, 2.45) is 7.05 Å². The molecule has 184 valence electrons. The van der Waals surface area contributed by atoms with Crippen LogP contribution in [0.5, 0.6) is 5.75 Å². The minimum atomic E-state index is -0.730. The van der Waals surface area contributed by atoms with Gasteiger partial charge in [0.1, 0.15) is 18.2 Å². The number of aromatic nitrogens is 2. The van der Waals surface area contributed by atoms with Gasteiger partial charge in [0.2, 0.25) is 0 Å². The number of aryl methyl sites for hydroxylation is 1. The lowest BCUT2D eigenvalue weighted by Crippen LogP contribution is -2.37. The highest BCUT2D eigenvalue weighted by Crippen LogP contribution is 2.30. The number of hydrogen-bond acceptors (Lipinski definition) is 5. The van der Waals surface area contributed by atoms with Crippen LogP contribution in [-0.2, 0) is 18.3 Å². The van der Waals surface area contributed by atoms with E-state index in [-0.39, 0.29) is 29.5 Å². The van der Waals surface area contributed by atoms with Crippen LogP contribution in [0.3, 0.4) is 0 Å². The number of rotatable bonds is 4. The summed E-state index contributed by atoms with van der Waals surface area (Å²) in [5.41, 5.74) is 1.25. The number of carbonyl (C=O) groups excluding carboxylic acids is 2. The van der Waals surface area contributed by atoms with E-state index in [1.54, 1.807) is 48.3 Å². The third-order valence-electron chi connectivity index (χ3n) is 5.95. The Morgan fingerprint density at radius 1 is 1.26 bits per heavy atom. The molecule has 2 aliphatic rings. The van der Waals surface area contributed by atoms with Gasteiger partial charge in [0.25, 0.3) is 5.91 Å². The molecule has 3 aromatic rings. The van der Waals surface area contributed by atoms with E-state index in [1.807, 2.05) is 4.90 Å². The fraction of sp³-hybridized carbons (Fsp3) is 0.320. The van der Waals surface area contributed by atoms with E-state index >= 15 is 0 Å². The maximum atomic E-state index is 14.3. The van der Waals surface area contributed by atoms with E-state index in [2.05, 4.69) is 10.4 Å². The van der Waals surface area contributed by atoms with Gasteiger partial charge in [0.05, 0.1) is 17.3 Å². The van der Waals surface area contributed by atoms with Crippen LogP contribution in [0.15, 0.2) is 48.7 Å². The second-order valence-corrected chi connectivity index (χ2v) is 8.89. The first kappa shape index (κ1) is 24.5. The molecule has 35 heavy (non-hydrogen) atoms. The number of phenols is 1. The van der Waals surface area contributed by atoms with Crippen LogP contribution in [0.25, 0.3) is 11.3 Å². The molecule has 0 aliphatic carbocycles. The van der Waals surface area contributed by atoms with Gasteiger partial charge < -0.3 is 20.1 Å². The van der Waals surface area contributed by atoms with Gasteiger partial charge in [-0.15, -0.1) is 0 Å². The van der Waals surface area contributed by atoms with Gasteiger partial charge in [-0.05, 0) is 55.2 Å². The molecule has 0 radical (unpaired) electrons. The first-order valence-corrected chi connectivity index (χ1v) is 11.7. The third kappa shape index (κ3) is 5.92. The van der Waals surface area contributed by atoms with Crippen molar-refractivity contribution in [2.45, 2.75) is 31.8 Å². The van der Waals surface area contributed by atoms with E-state index in [0.717, 1.165) is 37.1 Å². The van der Waals surface area contributed by atoms with Crippen molar-refractivity contribution in [1.82, 2.24) is 20.0 Å². The smallest absolute Gasteiger partial charge is 0.410 e. The number of ether oxygens (including phenoxy) is 1. The molecular formula is C25H26ClFN4O4. The molecule has 0 bridgehead atoms. The van der Waals surface area contributed by atoms with Crippen molar-refractivity contribution >= 4 is 23.6 Å². The first-order chi connectivity index (χ1) is 16.8. The lowest BCUT2D eigenvalue weighted by molar-refractivity contribution is 0.0946. The third-order valence-corrected chi connectivity index (χ3v) is 6.20. The number of halogens is 2. The molecule has 1 aromatic heterocycles. The predicted molar refractivity (Wildman–Crippen MR) is 129 cm³/mol. The number of nitrogens with one attached hydrogen (secondary N) is 1. The molecule has 2 saturated heterocycles. The predicted octanol–water partition coefficient (Wildman–Crippen LogP) is 4.51. The Balaban J connectivity index is 0.000000239. The molecule has 5 rings (SSSR count).